The Morgan fingerprint density at radius 2 is 1.97 bits per heavy atom. The van der Waals surface area contributed by atoms with Crippen LogP contribution in [0.5, 0.6) is 0 Å². The van der Waals surface area contributed by atoms with Gasteiger partial charge in [0.15, 0.2) is 0 Å². The van der Waals surface area contributed by atoms with Gasteiger partial charge in [0.2, 0.25) is 0 Å². The minimum atomic E-state index is 0.0275. The van der Waals surface area contributed by atoms with Crippen LogP contribution in [0.1, 0.15) is 87.8 Å². The first kappa shape index (κ1) is 23.4. The number of nitrogens with one attached hydrogen (secondary N) is 1. The first-order chi connectivity index (χ1) is 15.8. The average Bonchev–Trinajstić information content (AvgIpc) is 3.31. The van der Waals surface area contributed by atoms with E-state index < -0.39 is 0 Å². The van der Waals surface area contributed by atoms with Crippen LogP contribution in [0.3, 0.4) is 0 Å². The number of methoxy groups -OCH3 is 1. The number of aromatic nitrogens is 2. The van der Waals surface area contributed by atoms with E-state index in [9.17, 15) is 4.79 Å². The predicted octanol–water partition coefficient (Wildman–Crippen LogP) is 5.38. The van der Waals surface area contributed by atoms with Gasteiger partial charge in [-0.05, 0) is 125 Å². The van der Waals surface area contributed by atoms with Crippen LogP contribution in [0.25, 0.3) is 0 Å². The van der Waals surface area contributed by atoms with E-state index in [0.29, 0.717) is 17.0 Å². The highest BCUT2D eigenvalue weighted by atomic mass is 16.5. The third-order valence-corrected chi connectivity index (χ3v) is 10.7. The lowest BCUT2D eigenvalue weighted by Gasteiger charge is -2.56. The zero-order valence-corrected chi connectivity index (χ0v) is 21.5. The zero-order chi connectivity index (χ0) is 23.3. The van der Waals surface area contributed by atoms with Gasteiger partial charge >= 0.3 is 0 Å². The summed E-state index contributed by atoms with van der Waals surface area (Å²) in [5.41, 5.74) is 1.94. The summed E-state index contributed by atoms with van der Waals surface area (Å²) in [4.78, 5) is 13.0. The van der Waals surface area contributed by atoms with Crippen molar-refractivity contribution in [1.29, 1.82) is 0 Å². The second-order valence-electron chi connectivity index (χ2n) is 12.4. The van der Waals surface area contributed by atoms with Crippen molar-refractivity contribution in [1.82, 2.24) is 15.1 Å². The summed E-state index contributed by atoms with van der Waals surface area (Å²) in [5.74, 6) is 6.02. The summed E-state index contributed by atoms with van der Waals surface area (Å²) in [7, 11) is 3.72. The fraction of sp³-hybridized carbons (Fsp3) is 0.857. The Morgan fingerprint density at radius 3 is 2.70 bits per heavy atom. The molecule has 4 aliphatic carbocycles. The van der Waals surface area contributed by atoms with Crippen molar-refractivity contribution >= 4 is 5.91 Å². The highest BCUT2D eigenvalue weighted by Gasteiger charge is 2.57. The van der Waals surface area contributed by atoms with Gasteiger partial charge in [0.1, 0.15) is 5.69 Å². The normalized spacial score (nSPS) is 41.1. The van der Waals surface area contributed by atoms with E-state index in [1.54, 1.807) is 4.68 Å². The fourth-order valence-corrected chi connectivity index (χ4v) is 9.40. The van der Waals surface area contributed by atoms with Crippen molar-refractivity contribution in [3.05, 3.63) is 17.5 Å². The van der Waals surface area contributed by atoms with Crippen LogP contribution in [-0.4, -0.2) is 35.4 Å². The van der Waals surface area contributed by atoms with Gasteiger partial charge in [-0.2, -0.15) is 5.10 Å². The Labute approximate surface area is 200 Å². The number of ether oxygens (including phenoxy) is 1. The third kappa shape index (κ3) is 4.06. The van der Waals surface area contributed by atoms with Gasteiger partial charge in [-0.1, -0.05) is 6.92 Å². The lowest BCUT2D eigenvalue weighted by Crippen LogP contribution is -2.51. The largest absolute Gasteiger partial charge is 0.384 e. The van der Waals surface area contributed by atoms with Crippen LogP contribution >= 0.6 is 0 Å². The van der Waals surface area contributed by atoms with Gasteiger partial charge in [0.05, 0.1) is 5.69 Å². The zero-order valence-electron chi connectivity index (χ0n) is 21.5. The van der Waals surface area contributed by atoms with Gasteiger partial charge < -0.3 is 10.1 Å². The number of nitrogens with zero attached hydrogens (tertiary/aromatic N) is 2. The first-order valence-corrected chi connectivity index (χ1v) is 13.6. The molecule has 5 rings (SSSR count). The van der Waals surface area contributed by atoms with Crippen LogP contribution in [0.15, 0.2) is 6.07 Å². The number of hydrogen-bond donors (Lipinski definition) is 1. The summed E-state index contributed by atoms with van der Waals surface area (Å²) >= 11 is 0. The average molecular weight is 456 g/mol. The van der Waals surface area contributed by atoms with Crippen molar-refractivity contribution < 1.29 is 9.53 Å². The van der Waals surface area contributed by atoms with Gasteiger partial charge in [0.25, 0.3) is 5.91 Å². The molecule has 1 heterocycles. The minimum Gasteiger partial charge on any atom is -0.384 e. The number of amides is 1. The van der Waals surface area contributed by atoms with E-state index in [2.05, 4.69) is 24.3 Å². The topological polar surface area (TPSA) is 56.1 Å². The molecule has 1 aromatic rings. The molecule has 33 heavy (non-hydrogen) atoms. The summed E-state index contributed by atoms with van der Waals surface area (Å²) in [6, 6.07) is 2.10. The monoisotopic (exact) mass is 455 g/mol. The molecule has 0 bridgehead atoms. The van der Waals surface area contributed by atoms with Crippen molar-refractivity contribution in [2.45, 2.75) is 84.6 Å². The highest BCUT2D eigenvalue weighted by molar-refractivity contribution is 5.92. The third-order valence-electron chi connectivity index (χ3n) is 10.7. The molecule has 1 amide bonds. The van der Waals surface area contributed by atoms with E-state index in [1.165, 1.54) is 57.8 Å². The second-order valence-corrected chi connectivity index (χ2v) is 12.4. The second kappa shape index (κ2) is 9.02. The number of rotatable bonds is 5. The molecule has 9 atom stereocenters. The molecule has 5 heteroatoms. The lowest BCUT2D eigenvalue weighted by atomic mass is 9.49. The Bertz CT molecular complexity index is 865. The Balaban J connectivity index is 1.26. The molecular formula is C28H45N3O2. The molecule has 0 radical (unpaired) electrons. The SMILES string of the molecule is COC[C@H]1CC[C@@H]2C3CC[C@@]4(C)C(CCC4[C@@H](C)NC(=O)c4cc(C)nn4C)[C@@H]3CC[C@@H]2C1. The van der Waals surface area contributed by atoms with Crippen LogP contribution in [0.2, 0.25) is 0 Å². The Kier molecular flexibility index (Phi) is 6.39. The van der Waals surface area contributed by atoms with Gasteiger partial charge in [-0.3, -0.25) is 9.48 Å². The highest BCUT2D eigenvalue weighted by Crippen LogP contribution is 2.64. The van der Waals surface area contributed by atoms with Crippen molar-refractivity contribution in [3.63, 3.8) is 0 Å². The number of carbonyl (C=O) groups is 1. The number of carbonyl (C=O) groups excluding carboxylic acids is 1. The van der Waals surface area contributed by atoms with E-state index in [4.69, 9.17) is 4.74 Å². The summed E-state index contributed by atoms with van der Waals surface area (Å²) in [5, 5.41) is 7.73. The Hall–Kier alpha value is -1.36. The Morgan fingerprint density at radius 1 is 1.18 bits per heavy atom. The molecule has 0 saturated heterocycles. The predicted molar refractivity (Wildman–Crippen MR) is 131 cm³/mol. The first-order valence-electron chi connectivity index (χ1n) is 13.6. The van der Waals surface area contributed by atoms with Crippen LogP contribution in [0.4, 0.5) is 0 Å². The molecule has 1 N–H and O–H groups in total. The van der Waals surface area contributed by atoms with Crippen LogP contribution < -0.4 is 5.32 Å². The van der Waals surface area contributed by atoms with E-state index in [0.717, 1.165) is 47.8 Å². The molecule has 1 aromatic heterocycles. The van der Waals surface area contributed by atoms with Crippen LogP contribution in [0, 0.1) is 53.8 Å². The number of hydrogen-bond acceptors (Lipinski definition) is 3. The van der Waals surface area contributed by atoms with Gasteiger partial charge in [-0.25, -0.2) is 0 Å². The maximum Gasteiger partial charge on any atom is 0.269 e. The molecule has 0 spiro atoms. The molecule has 4 saturated carbocycles. The molecule has 4 fully saturated rings. The summed E-state index contributed by atoms with van der Waals surface area (Å²) in [6.45, 7) is 7.73. The van der Waals surface area contributed by atoms with E-state index in [-0.39, 0.29) is 11.9 Å². The smallest absolute Gasteiger partial charge is 0.269 e. The van der Waals surface area contributed by atoms with Crippen molar-refractivity contribution in [3.8, 4) is 0 Å². The standard InChI is InChI=1S/C28H45N3O2/c1-17-14-26(31(4)30-17)27(32)29-18(2)24-10-11-25-23-9-7-20-15-19(16-33-5)6-8-21(20)22(23)12-13-28(24,25)3/h14,18-25H,6-13,15-16H2,1-5H3,(H,29,32)/t18-,19+,20-,21+,22?,23-,24?,25?,28-/m1/s1. The number of fused-ring (bicyclic) bond motifs is 5. The quantitative estimate of drug-likeness (QED) is 0.649. The minimum absolute atomic E-state index is 0.0275. The van der Waals surface area contributed by atoms with Crippen LogP contribution in [-0.2, 0) is 11.8 Å². The van der Waals surface area contributed by atoms with Crippen molar-refractivity contribution in [2.24, 2.45) is 53.9 Å². The summed E-state index contributed by atoms with van der Waals surface area (Å²) in [6.07, 6.45) is 12.5. The number of aryl methyl sites for hydroxylation is 2. The molecule has 3 unspecified atom stereocenters. The lowest BCUT2D eigenvalue weighted by molar-refractivity contribution is -0.0742. The maximum absolute atomic E-state index is 13.0. The van der Waals surface area contributed by atoms with Gasteiger partial charge in [0, 0.05) is 26.8 Å². The summed E-state index contributed by atoms with van der Waals surface area (Å²) < 4.78 is 7.21. The molecule has 4 aliphatic rings. The van der Waals surface area contributed by atoms with E-state index in [1.807, 2.05) is 27.1 Å². The molecule has 184 valence electrons. The van der Waals surface area contributed by atoms with Crippen molar-refractivity contribution in [2.75, 3.05) is 13.7 Å². The van der Waals surface area contributed by atoms with Gasteiger partial charge in [-0.15, -0.1) is 0 Å². The fourth-order valence-electron chi connectivity index (χ4n) is 9.40. The molecule has 5 nitrogen and oxygen atoms in total. The molecule has 0 aliphatic heterocycles. The van der Waals surface area contributed by atoms with E-state index >= 15 is 0 Å². The maximum atomic E-state index is 13.0. The molecular weight excluding hydrogens is 410 g/mol. The molecule has 0 aromatic carbocycles.